The molecule has 22 heavy (non-hydrogen) atoms. The smallest absolute Gasteiger partial charge is 0.305 e. The number of carbonyl (C=O) groups excluding carboxylic acids is 1. The maximum Gasteiger partial charge on any atom is 0.305 e. The van der Waals surface area contributed by atoms with Gasteiger partial charge >= 0.3 is 5.97 Å². The number of amides is 1. The molecule has 0 saturated carbocycles. The zero-order chi connectivity index (χ0) is 16.1. The minimum Gasteiger partial charge on any atom is -0.481 e. The lowest BCUT2D eigenvalue weighted by molar-refractivity contribution is -0.137. The number of aromatic nitrogens is 2. The number of carbonyl (C=O) groups is 2. The number of carboxylic acids is 1. The molecule has 1 aliphatic heterocycles. The average Bonchev–Trinajstić information content (AvgIpc) is 3.13. The fraction of sp³-hybridized carbons (Fsp3) is 0.667. The summed E-state index contributed by atoms with van der Waals surface area (Å²) in [5.74, 6) is -0.922. The molecule has 0 unspecified atom stereocenters. The van der Waals surface area contributed by atoms with Crippen LogP contribution in [-0.4, -0.2) is 57.9 Å². The Kier molecular flexibility index (Phi) is 5.54. The van der Waals surface area contributed by atoms with Gasteiger partial charge in [-0.25, -0.2) is 0 Å². The molecule has 2 heterocycles. The zero-order valence-corrected chi connectivity index (χ0v) is 13.0. The fourth-order valence-electron chi connectivity index (χ4n) is 2.44. The van der Waals surface area contributed by atoms with Crippen molar-refractivity contribution in [3.8, 4) is 0 Å². The van der Waals surface area contributed by atoms with Crippen LogP contribution in [0, 0.1) is 0 Å². The molecule has 7 nitrogen and oxygen atoms in total. The van der Waals surface area contributed by atoms with Crippen molar-refractivity contribution in [2.24, 2.45) is 0 Å². The Balaban J connectivity index is 2.07. The summed E-state index contributed by atoms with van der Waals surface area (Å²) in [7, 11) is 0. The molecule has 2 rings (SSSR count). The van der Waals surface area contributed by atoms with Gasteiger partial charge in [-0.05, 0) is 24.8 Å². The number of aliphatic carboxylic acids is 1. The van der Waals surface area contributed by atoms with Crippen LogP contribution in [-0.2, 0) is 9.53 Å². The summed E-state index contributed by atoms with van der Waals surface area (Å²) in [5, 5.41) is 15.8. The zero-order valence-electron chi connectivity index (χ0n) is 13.0. The number of hydrogen-bond acceptors (Lipinski definition) is 4. The van der Waals surface area contributed by atoms with Gasteiger partial charge in [0.05, 0.1) is 12.5 Å². The molecular weight excluding hydrogens is 286 g/mol. The van der Waals surface area contributed by atoms with Crippen molar-refractivity contribution in [1.82, 2.24) is 15.1 Å². The van der Waals surface area contributed by atoms with Gasteiger partial charge < -0.3 is 14.7 Å². The number of rotatable bonds is 7. The predicted molar refractivity (Wildman–Crippen MR) is 79.8 cm³/mol. The maximum atomic E-state index is 12.6. The normalized spacial score (nSPS) is 17.9. The second kappa shape index (κ2) is 7.40. The highest BCUT2D eigenvalue weighted by Crippen LogP contribution is 2.17. The van der Waals surface area contributed by atoms with Crippen LogP contribution in [0.5, 0.6) is 0 Å². The highest BCUT2D eigenvalue weighted by atomic mass is 16.5. The van der Waals surface area contributed by atoms with Crippen LogP contribution >= 0.6 is 0 Å². The standard InChI is InChI=1S/C15H23N3O4/c1-10(2)12-8-13(17-16-12)15(21)18(6-5-14(19)20)9-11-4-3-7-22-11/h8,10-11H,3-7,9H2,1-2H3,(H,16,17)(H,19,20)/t11-/m1/s1. The first-order chi connectivity index (χ1) is 10.5. The van der Waals surface area contributed by atoms with Crippen molar-refractivity contribution in [3.63, 3.8) is 0 Å². The van der Waals surface area contributed by atoms with Crippen molar-refractivity contribution >= 4 is 11.9 Å². The van der Waals surface area contributed by atoms with E-state index in [1.165, 1.54) is 4.90 Å². The largest absolute Gasteiger partial charge is 0.481 e. The number of carboxylic acid groups (broad SMARTS) is 1. The van der Waals surface area contributed by atoms with E-state index in [4.69, 9.17) is 9.84 Å². The number of nitrogens with one attached hydrogen (secondary N) is 1. The summed E-state index contributed by atoms with van der Waals surface area (Å²) in [4.78, 5) is 24.9. The van der Waals surface area contributed by atoms with Crippen LogP contribution in [0.25, 0.3) is 0 Å². The van der Waals surface area contributed by atoms with E-state index < -0.39 is 5.97 Å². The third-order valence-corrected chi connectivity index (χ3v) is 3.77. The molecule has 1 fully saturated rings. The quantitative estimate of drug-likeness (QED) is 0.798. The second-order valence-corrected chi connectivity index (χ2v) is 5.89. The first-order valence-electron chi connectivity index (χ1n) is 7.65. The van der Waals surface area contributed by atoms with Gasteiger partial charge in [-0.2, -0.15) is 5.10 Å². The van der Waals surface area contributed by atoms with Gasteiger partial charge in [0, 0.05) is 25.4 Å². The molecule has 122 valence electrons. The van der Waals surface area contributed by atoms with Gasteiger partial charge in [0.1, 0.15) is 5.69 Å². The number of ether oxygens (including phenoxy) is 1. The van der Waals surface area contributed by atoms with E-state index in [2.05, 4.69) is 10.2 Å². The first-order valence-corrected chi connectivity index (χ1v) is 7.65. The molecule has 7 heteroatoms. The minimum atomic E-state index is -0.921. The Morgan fingerprint density at radius 1 is 1.55 bits per heavy atom. The summed E-state index contributed by atoms with van der Waals surface area (Å²) in [5.41, 5.74) is 1.21. The van der Waals surface area contributed by atoms with E-state index in [9.17, 15) is 9.59 Å². The SMILES string of the molecule is CC(C)c1cc(C(=O)N(CCC(=O)O)C[C@H]2CCCO2)n[nH]1. The Labute approximate surface area is 129 Å². The van der Waals surface area contributed by atoms with Gasteiger partial charge in [0.15, 0.2) is 0 Å². The third kappa shape index (κ3) is 4.30. The number of H-pyrrole nitrogens is 1. The first kappa shape index (κ1) is 16.5. The van der Waals surface area contributed by atoms with E-state index in [1.807, 2.05) is 13.8 Å². The molecule has 1 aromatic rings. The minimum absolute atomic E-state index is 0.0127. The van der Waals surface area contributed by atoms with Crippen molar-refractivity contribution < 1.29 is 19.4 Å². The van der Waals surface area contributed by atoms with Crippen molar-refractivity contribution in [3.05, 3.63) is 17.5 Å². The van der Waals surface area contributed by atoms with E-state index in [0.717, 1.165) is 18.5 Å². The molecule has 1 aliphatic rings. The van der Waals surface area contributed by atoms with Crippen molar-refractivity contribution in [2.75, 3.05) is 19.7 Å². The van der Waals surface area contributed by atoms with Gasteiger partial charge in [-0.3, -0.25) is 14.7 Å². The Morgan fingerprint density at radius 3 is 2.86 bits per heavy atom. The maximum absolute atomic E-state index is 12.6. The highest BCUT2D eigenvalue weighted by Gasteiger charge is 2.25. The molecule has 1 saturated heterocycles. The van der Waals surface area contributed by atoms with Crippen LogP contribution < -0.4 is 0 Å². The molecular formula is C15H23N3O4. The second-order valence-electron chi connectivity index (χ2n) is 5.89. The average molecular weight is 309 g/mol. The van der Waals surface area contributed by atoms with Gasteiger partial charge in [0.25, 0.3) is 5.91 Å². The van der Waals surface area contributed by atoms with Gasteiger partial charge in [0.2, 0.25) is 0 Å². The van der Waals surface area contributed by atoms with Crippen LogP contribution in [0.15, 0.2) is 6.07 Å². The number of aromatic amines is 1. The molecule has 0 bridgehead atoms. The van der Waals surface area contributed by atoms with E-state index in [0.29, 0.717) is 18.8 Å². The predicted octanol–water partition coefficient (Wildman–Crippen LogP) is 1.63. The Bertz CT molecular complexity index is 521. The van der Waals surface area contributed by atoms with Gasteiger partial charge in [-0.15, -0.1) is 0 Å². The third-order valence-electron chi connectivity index (χ3n) is 3.77. The summed E-state index contributed by atoms with van der Waals surface area (Å²) in [6.07, 6.45) is 1.78. The van der Waals surface area contributed by atoms with Crippen LogP contribution in [0.2, 0.25) is 0 Å². The molecule has 0 aliphatic carbocycles. The molecule has 0 radical (unpaired) electrons. The van der Waals surface area contributed by atoms with Crippen LogP contribution in [0.1, 0.15) is 55.2 Å². The molecule has 2 N–H and O–H groups in total. The summed E-state index contributed by atoms with van der Waals surface area (Å²) in [6, 6.07) is 1.73. The van der Waals surface area contributed by atoms with Crippen molar-refractivity contribution in [1.29, 1.82) is 0 Å². The number of nitrogens with zero attached hydrogens (tertiary/aromatic N) is 2. The lowest BCUT2D eigenvalue weighted by Crippen LogP contribution is -2.39. The van der Waals surface area contributed by atoms with E-state index >= 15 is 0 Å². The number of hydrogen-bond donors (Lipinski definition) is 2. The van der Waals surface area contributed by atoms with Crippen LogP contribution in [0.4, 0.5) is 0 Å². The van der Waals surface area contributed by atoms with Crippen molar-refractivity contribution in [2.45, 2.75) is 45.1 Å². The van der Waals surface area contributed by atoms with Gasteiger partial charge in [-0.1, -0.05) is 13.8 Å². The van der Waals surface area contributed by atoms with E-state index in [-0.39, 0.29) is 30.9 Å². The topological polar surface area (TPSA) is 95.5 Å². The fourth-order valence-corrected chi connectivity index (χ4v) is 2.44. The Hall–Kier alpha value is -1.89. The lowest BCUT2D eigenvalue weighted by Gasteiger charge is -2.24. The molecule has 0 aromatic carbocycles. The van der Waals surface area contributed by atoms with E-state index in [1.54, 1.807) is 6.07 Å². The van der Waals surface area contributed by atoms with Crippen LogP contribution in [0.3, 0.4) is 0 Å². The Morgan fingerprint density at radius 2 is 2.32 bits per heavy atom. The molecule has 1 amide bonds. The summed E-state index contributed by atoms with van der Waals surface area (Å²) >= 11 is 0. The monoisotopic (exact) mass is 309 g/mol. The molecule has 1 aromatic heterocycles. The molecule has 0 spiro atoms. The lowest BCUT2D eigenvalue weighted by atomic mass is 10.1. The summed E-state index contributed by atoms with van der Waals surface area (Å²) in [6.45, 7) is 5.30. The highest BCUT2D eigenvalue weighted by molar-refractivity contribution is 5.92. The summed E-state index contributed by atoms with van der Waals surface area (Å²) < 4.78 is 5.55. The molecule has 1 atom stereocenters.